The molecule has 0 saturated carbocycles. The molecule has 0 amide bonds. The van der Waals surface area contributed by atoms with E-state index in [1.807, 2.05) is 45.9 Å². The average Bonchev–Trinajstić information content (AvgIpc) is 2.69. The smallest absolute Gasteiger partial charge is 0.399 e. The van der Waals surface area contributed by atoms with Crippen LogP contribution in [0.3, 0.4) is 0 Å². The van der Waals surface area contributed by atoms with Crippen molar-refractivity contribution >= 4 is 23.4 Å². The molecule has 1 aromatic carbocycles. The molecule has 0 bridgehead atoms. The zero-order valence-electron chi connectivity index (χ0n) is 15.8. The summed E-state index contributed by atoms with van der Waals surface area (Å²) in [6, 6.07) is 7.45. The summed E-state index contributed by atoms with van der Waals surface area (Å²) in [6.45, 7) is 11.6. The van der Waals surface area contributed by atoms with E-state index in [-0.39, 0.29) is 12.1 Å². The number of pyridine rings is 1. The number of aliphatic hydroxyl groups is 1. The van der Waals surface area contributed by atoms with Gasteiger partial charge in [0.2, 0.25) is 0 Å². The lowest BCUT2D eigenvalue weighted by atomic mass is 9.77. The van der Waals surface area contributed by atoms with Crippen LogP contribution in [0.15, 0.2) is 35.3 Å². The molecule has 3 rings (SSSR count). The number of hydrogen-bond acceptors (Lipinski definition) is 4. The highest BCUT2D eigenvalue weighted by atomic mass is 16.7. The standard InChI is InChI=1S/C19H26BNO4/c1-17(2,23)12-21-11-15(13-9-7-8-10-14(13)16(21)22)20-24-18(3,4)19(5,6)25-20/h7-11,23H,12H2,1-6H3. The highest BCUT2D eigenvalue weighted by molar-refractivity contribution is 6.65. The van der Waals surface area contributed by atoms with Gasteiger partial charge in [0.05, 0.1) is 23.3 Å². The van der Waals surface area contributed by atoms with Gasteiger partial charge in [-0.05, 0) is 53.0 Å². The quantitative estimate of drug-likeness (QED) is 0.867. The normalized spacial score (nSPS) is 19.6. The highest BCUT2D eigenvalue weighted by Crippen LogP contribution is 2.36. The Hall–Kier alpha value is -1.63. The first-order valence-electron chi connectivity index (χ1n) is 8.61. The zero-order chi connectivity index (χ0) is 18.6. The van der Waals surface area contributed by atoms with Gasteiger partial charge >= 0.3 is 7.12 Å². The van der Waals surface area contributed by atoms with Crippen LogP contribution in [-0.2, 0) is 15.9 Å². The van der Waals surface area contributed by atoms with E-state index in [1.165, 1.54) is 0 Å². The van der Waals surface area contributed by atoms with Crippen molar-refractivity contribution in [2.45, 2.75) is 64.9 Å². The summed E-state index contributed by atoms with van der Waals surface area (Å²) in [4.78, 5) is 12.8. The first-order valence-corrected chi connectivity index (χ1v) is 8.61. The van der Waals surface area contributed by atoms with Crippen molar-refractivity contribution in [3.05, 3.63) is 40.8 Å². The van der Waals surface area contributed by atoms with Gasteiger partial charge in [-0.1, -0.05) is 18.2 Å². The number of fused-ring (bicyclic) bond motifs is 1. The van der Waals surface area contributed by atoms with Crippen molar-refractivity contribution in [1.82, 2.24) is 4.57 Å². The topological polar surface area (TPSA) is 60.7 Å². The molecule has 1 aliphatic heterocycles. The van der Waals surface area contributed by atoms with E-state index < -0.39 is 23.9 Å². The molecule has 1 fully saturated rings. The van der Waals surface area contributed by atoms with Crippen LogP contribution in [0.5, 0.6) is 0 Å². The summed E-state index contributed by atoms with van der Waals surface area (Å²) in [5.74, 6) is 0. The molecule has 2 aromatic rings. The first kappa shape index (κ1) is 18.2. The number of nitrogens with zero attached hydrogens (tertiary/aromatic N) is 1. The average molecular weight is 343 g/mol. The maximum absolute atomic E-state index is 12.8. The summed E-state index contributed by atoms with van der Waals surface area (Å²) in [7, 11) is -0.566. The van der Waals surface area contributed by atoms with E-state index >= 15 is 0 Å². The van der Waals surface area contributed by atoms with Crippen LogP contribution < -0.4 is 11.0 Å². The van der Waals surface area contributed by atoms with Crippen LogP contribution in [0.25, 0.3) is 10.8 Å². The number of rotatable bonds is 3. The van der Waals surface area contributed by atoms with Gasteiger partial charge in [0, 0.05) is 17.0 Å². The molecule has 134 valence electrons. The molecule has 0 aliphatic carbocycles. The molecular formula is C19H26BNO4. The van der Waals surface area contributed by atoms with Crippen LogP contribution in [0.2, 0.25) is 0 Å². The van der Waals surface area contributed by atoms with Gasteiger partial charge in [-0.3, -0.25) is 4.79 Å². The van der Waals surface area contributed by atoms with Crippen LogP contribution in [0.1, 0.15) is 41.5 Å². The molecule has 0 atom stereocenters. The summed E-state index contributed by atoms with van der Waals surface area (Å²) < 4.78 is 13.9. The molecule has 0 radical (unpaired) electrons. The molecule has 5 nitrogen and oxygen atoms in total. The number of aromatic nitrogens is 1. The van der Waals surface area contributed by atoms with Gasteiger partial charge in [0.15, 0.2) is 0 Å². The summed E-state index contributed by atoms with van der Waals surface area (Å²) in [6.07, 6.45) is 1.75. The van der Waals surface area contributed by atoms with Gasteiger partial charge < -0.3 is 19.0 Å². The minimum atomic E-state index is -1.00. The Labute approximate surface area is 148 Å². The van der Waals surface area contributed by atoms with Crippen molar-refractivity contribution in [2.75, 3.05) is 0 Å². The molecule has 1 aromatic heterocycles. The number of hydrogen-bond donors (Lipinski definition) is 1. The van der Waals surface area contributed by atoms with Crippen LogP contribution in [0, 0.1) is 0 Å². The number of benzene rings is 1. The fourth-order valence-electron chi connectivity index (χ4n) is 3.06. The van der Waals surface area contributed by atoms with Crippen molar-refractivity contribution in [3.63, 3.8) is 0 Å². The van der Waals surface area contributed by atoms with Crippen molar-refractivity contribution in [2.24, 2.45) is 0 Å². The predicted molar refractivity (Wildman–Crippen MR) is 100 cm³/mol. The summed E-state index contributed by atoms with van der Waals surface area (Å²) in [5, 5.41) is 11.6. The Morgan fingerprint density at radius 1 is 1.08 bits per heavy atom. The maximum atomic E-state index is 12.8. The van der Waals surface area contributed by atoms with E-state index in [4.69, 9.17) is 9.31 Å². The SMILES string of the molecule is CC(C)(O)Cn1cc(B2OC(C)(C)C(C)(C)O2)c2ccccc2c1=O. The summed E-state index contributed by atoms with van der Waals surface area (Å²) >= 11 is 0. The molecule has 1 saturated heterocycles. The largest absolute Gasteiger partial charge is 0.496 e. The van der Waals surface area contributed by atoms with Crippen molar-refractivity contribution in [1.29, 1.82) is 0 Å². The van der Waals surface area contributed by atoms with Gasteiger partial charge in [-0.15, -0.1) is 0 Å². The van der Waals surface area contributed by atoms with Crippen molar-refractivity contribution in [3.8, 4) is 0 Å². The predicted octanol–water partition coefficient (Wildman–Crippen LogP) is 2.07. The van der Waals surface area contributed by atoms with Gasteiger partial charge in [0.1, 0.15) is 0 Å². The molecular weight excluding hydrogens is 317 g/mol. The van der Waals surface area contributed by atoms with Crippen LogP contribution >= 0.6 is 0 Å². The molecule has 25 heavy (non-hydrogen) atoms. The van der Waals surface area contributed by atoms with E-state index in [9.17, 15) is 9.90 Å². The first-order chi connectivity index (χ1) is 11.4. The van der Waals surface area contributed by atoms with Gasteiger partial charge in [-0.25, -0.2) is 0 Å². The highest BCUT2D eigenvalue weighted by Gasteiger charge is 2.52. The van der Waals surface area contributed by atoms with Crippen LogP contribution in [0.4, 0.5) is 0 Å². The second kappa shape index (κ2) is 5.69. The van der Waals surface area contributed by atoms with Gasteiger partial charge in [-0.2, -0.15) is 0 Å². The lowest BCUT2D eigenvalue weighted by Crippen LogP contribution is -2.41. The summed E-state index contributed by atoms with van der Waals surface area (Å²) in [5.41, 5.74) is -1.25. The second-order valence-corrected chi connectivity index (χ2v) is 8.46. The molecule has 1 N–H and O–H groups in total. The second-order valence-electron chi connectivity index (χ2n) is 8.46. The Kier molecular flexibility index (Phi) is 4.14. The third-order valence-electron chi connectivity index (χ3n) is 5.09. The third-order valence-corrected chi connectivity index (χ3v) is 5.09. The van der Waals surface area contributed by atoms with E-state index in [0.717, 1.165) is 10.8 Å². The Balaban J connectivity index is 2.18. The van der Waals surface area contributed by atoms with Crippen LogP contribution in [-0.4, -0.2) is 33.6 Å². The fourth-order valence-corrected chi connectivity index (χ4v) is 3.06. The Bertz CT molecular complexity index is 848. The molecule has 0 unspecified atom stereocenters. The minimum Gasteiger partial charge on any atom is -0.399 e. The maximum Gasteiger partial charge on any atom is 0.496 e. The molecule has 0 spiro atoms. The van der Waals surface area contributed by atoms with E-state index in [1.54, 1.807) is 30.7 Å². The monoisotopic (exact) mass is 343 g/mol. The third kappa shape index (κ3) is 3.26. The van der Waals surface area contributed by atoms with Gasteiger partial charge in [0.25, 0.3) is 5.56 Å². The van der Waals surface area contributed by atoms with E-state index in [2.05, 4.69) is 0 Å². The van der Waals surface area contributed by atoms with E-state index in [0.29, 0.717) is 5.39 Å². The Morgan fingerprint density at radius 2 is 1.60 bits per heavy atom. The van der Waals surface area contributed by atoms with Crippen molar-refractivity contribution < 1.29 is 14.4 Å². The minimum absolute atomic E-state index is 0.127. The molecule has 2 heterocycles. The Morgan fingerprint density at radius 3 is 2.12 bits per heavy atom. The zero-order valence-corrected chi connectivity index (χ0v) is 15.8. The fraction of sp³-hybridized carbons (Fsp3) is 0.526. The molecule has 6 heteroatoms. The lowest BCUT2D eigenvalue weighted by molar-refractivity contribution is 0.00578. The molecule has 1 aliphatic rings. The lowest BCUT2D eigenvalue weighted by Gasteiger charge is -2.32.